The van der Waals surface area contributed by atoms with Gasteiger partial charge in [-0.15, -0.1) is 11.3 Å². The van der Waals surface area contributed by atoms with E-state index in [1.54, 1.807) is 0 Å². The number of fused-ring (bicyclic) bond motifs is 12. The van der Waals surface area contributed by atoms with Crippen molar-refractivity contribution in [3.63, 3.8) is 0 Å². The second-order valence-electron chi connectivity index (χ2n) is 15.8. The van der Waals surface area contributed by atoms with Gasteiger partial charge < -0.3 is 9.88 Å². The molecule has 1 N–H and O–H groups in total. The Labute approximate surface area is 355 Å². The third kappa shape index (κ3) is 5.47. The largest absolute Gasteiger partial charge is 0.354 e. The highest BCUT2D eigenvalue weighted by atomic mass is 32.1. The highest BCUT2D eigenvalue weighted by Crippen LogP contribution is 2.56. The quantitative estimate of drug-likeness (QED) is 0.178. The van der Waals surface area contributed by atoms with Gasteiger partial charge in [-0.05, 0) is 119 Å². The Morgan fingerprint density at radius 3 is 2.10 bits per heavy atom. The number of anilines is 3. The third-order valence-electron chi connectivity index (χ3n) is 12.5. The van der Waals surface area contributed by atoms with Crippen LogP contribution in [-0.4, -0.2) is 4.98 Å². The average Bonchev–Trinajstić information content (AvgIpc) is 3.95. The van der Waals surface area contributed by atoms with Crippen LogP contribution < -0.4 is 4.90 Å². The molecule has 286 valence electrons. The maximum atomic E-state index is 4.12. The van der Waals surface area contributed by atoms with E-state index in [-0.39, 0.29) is 0 Å². The van der Waals surface area contributed by atoms with Crippen molar-refractivity contribution in [2.75, 3.05) is 4.90 Å². The van der Waals surface area contributed by atoms with Crippen molar-refractivity contribution in [3.8, 4) is 22.3 Å². The number of aromatic nitrogens is 1. The van der Waals surface area contributed by atoms with Crippen LogP contribution in [-0.2, 0) is 5.41 Å². The molecule has 0 amide bonds. The monoisotopic (exact) mass is 786 g/mol. The second-order valence-corrected chi connectivity index (χ2v) is 16.8. The molecule has 1 spiro atoms. The lowest BCUT2D eigenvalue weighted by molar-refractivity contribution is 0.801. The zero-order valence-electron chi connectivity index (χ0n) is 33.6. The van der Waals surface area contributed by atoms with Gasteiger partial charge in [0.1, 0.15) is 0 Å². The molecule has 0 bridgehead atoms. The van der Waals surface area contributed by atoms with E-state index in [0.29, 0.717) is 0 Å². The number of nitrogens with zero attached hydrogens (tertiary/aromatic N) is 1. The zero-order chi connectivity index (χ0) is 40.4. The van der Waals surface area contributed by atoms with E-state index in [4.69, 9.17) is 0 Å². The summed E-state index contributed by atoms with van der Waals surface area (Å²) in [5, 5.41) is 3.76. The smallest absolute Gasteiger partial charge is 0.0653 e. The summed E-state index contributed by atoms with van der Waals surface area (Å²) in [6.45, 7) is 8.42. The van der Waals surface area contributed by atoms with Crippen molar-refractivity contribution < 1.29 is 0 Å². The number of hydrogen-bond donors (Lipinski definition) is 1. The highest BCUT2D eigenvalue weighted by Gasteiger charge is 2.44. The average molecular weight is 787 g/mol. The van der Waals surface area contributed by atoms with E-state index in [1.165, 1.54) is 81.2 Å². The topological polar surface area (TPSA) is 19.0 Å². The van der Waals surface area contributed by atoms with Crippen LogP contribution in [0.3, 0.4) is 0 Å². The summed E-state index contributed by atoms with van der Waals surface area (Å²) >= 11 is 1.87. The third-order valence-corrected chi connectivity index (χ3v) is 13.7. The molecule has 9 aromatic rings. The van der Waals surface area contributed by atoms with Crippen LogP contribution in [0.1, 0.15) is 47.4 Å². The minimum atomic E-state index is -0.504. The maximum Gasteiger partial charge on any atom is 0.0653 e. The first-order valence-corrected chi connectivity index (χ1v) is 21.5. The summed E-state index contributed by atoms with van der Waals surface area (Å²) in [5.74, 6) is 0. The lowest BCUT2D eigenvalue weighted by Crippen LogP contribution is -2.26. The van der Waals surface area contributed by atoms with Gasteiger partial charge in [-0.1, -0.05) is 152 Å². The first kappa shape index (κ1) is 35.9. The number of H-pyrrole nitrogens is 1. The summed E-state index contributed by atoms with van der Waals surface area (Å²) in [7, 11) is 0. The Morgan fingerprint density at radius 1 is 0.617 bits per heavy atom. The van der Waals surface area contributed by atoms with Crippen LogP contribution in [0.2, 0.25) is 0 Å². The van der Waals surface area contributed by atoms with Crippen LogP contribution in [0.5, 0.6) is 0 Å². The molecule has 0 saturated heterocycles. The lowest BCUT2D eigenvalue weighted by Gasteiger charge is -2.33. The van der Waals surface area contributed by atoms with Crippen molar-refractivity contribution in [3.05, 3.63) is 228 Å². The van der Waals surface area contributed by atoms with Gasteiger partial charge in [0.2, 0.25) is 0 Å². The van der Waals surface area contributed by atoms with Crippen molar-refractivity contribution in [1.29, 1.82) is 0 Å². The molecule has 60 heavy (non-hydrogen) atoms. The number of aromatic amines is 1. The minimum Gasteiger partial charge on any atom is -0.354 e. The molecule has 2 aromatic heterocycles. The lowest BCUT2D eigenvalue weighted by atomic mass is 9.70. The number of thiophene rings is 1. The van der Waals surface area contributed by atoms with Gasteiger partial charge in [0.25, 0.3) is 0 Å². The molecule has 0 aliphatic heterocycles. The van der Waals surface area contributed by atoms with Gasteiger partial charge in [0, 0.05) is 59.4 Å². The molecule has 11 rings (SSSR count). The number of nitrogens with one attached hydrogen (secondary N) is 1. The van der Waals surface area contributed by atoms with Crippen LogP contribution in [0.15, 0.2) is 195 Å². The van der Waals surface area contributed by atoms with Gasteiger partial charge in [0.05, 0.1) is 5.41 Å². The molecule has 7 aromatic carbocycles. The number of allylic oxidation sites excluding steroid dienone is 7. The van der Waals surface area contributed by atoms with Crippen LogP contribution >= 0.6 is 11.3 Å². The fraction of sp³-hybridized carbons (Fsp3) is 0.0526. The van der Waals surface area contributed by atoms with Gasteiger partial charge >= 0.3 is 0 Å². The Balaban J connectivity index is 1.15. The van der Waals surface area contributed by atoms with Gasteiger partial charge in [0.15, 0.2) is 0 Å². The molecule has 0 saturated carbocycles. The van der Waals surface area contributed by atoms with E-state index in [9.17, 15) is 0 Å². The summed E-state index contributed by atoms with van der Waals surface area (Å²) in [5.41, 5.74) is 17.5. The van der Waals surface area contributed by atoms with Gasteiger partial charge in [-0.3, -0.25) is 0 Å². The molecule has 0 fully saturated rings. The van der Waals surface area contributed by atoms with Crippen LogP contribution in [0, 0.1) is 0 Å². The van der Waals surface area contributed by atoms with Gasteiger partial charge in [-0.25, -0.2) is 0 Å². The van der Waals surface area contributed by atoms with Gasteiger partial charge in [-0.2, -0.15) is 0 Å². The van der Waals surface area contributed by atoms with Crippen LogP contribution in [0.4, 0.5) is 17.1 Å². The Morgan fingerprint density at radius 2 is 1.30 bits per heavy atom. The molecule has 1 unspecified atom stereocenters. The molecule has 3 heteroatoms. The Bertz CT molecular complexity index is 3300. The van der Waals surface area contributed by atoms with Crippen molar-refractivity contribution in [2.45, 2.75) is 19.3 Å². The molecule has 0 radical (unpaired) electrons. The van der Waals surface area contributed by atoms with Crippen molar-refractivity contribution in [2.24, 2.45) is 0 Å². The SMILES string of the molecule is C=Cc1[nH]c2ccc3c4cc(N(c5ccc(-c6ccccc6)cc5)c5ccc6c(c5)C5(/C=C/C=C\C=C(/C)c7ccccc75)c5ccccc5-6)ccc4sc3c2c1/C=C\C. The molecule has 2 aliphatic carbocycles. The summed E-state index contributed by atoms with van der Waals surface area (Å²) in [4.78, 5) is 6.06. The van der Waals surface area contributed by atoms with E-state index in [0.717, 1.165) is 28.3 Å². The van der Waals surface area contributed by atoms with E-state index in [1.807, 2.05) is 17.4 Å². The molecule has 2 heterocycles. The fourth-order valence-corrected chi connectivity index (χ4v) is 11.0. The van der Waals surface area contributed by atoms with Crippen molar-refractivity contribution in [1.82, 2.24) is 4.98 Å². The Kier molecular flexibility index (Phi) is 8.54. The second kappa shape index (κ2) is 14.3. The summed E-state index contributed by atoms with van der Waals surface area (Å²) in [6.07, 6.45) is 17.5. The predicted octanol–water partition coefficient (Wildman–Crippen LogP) is 16.2. The maximum absolute atomic E-state index is 4.12. The minimum absolute atomic E-state index is 0.504. The standard InChI is InChI=1S/C57H42N2S/c1-4-16-47-52(5-2)58-53-32-31-46-48-35-41(29-33-54(48)60-56(46)55(47)53)59(40-26-24-39(25-27-40)38-18-9-6-10-19-38)42-28-30-45-44-21-12-14-23-50(44)57(51(45)36-42)34-15-7-8-17-37(3)43-20-11-13-22-49(43)57/h4-36,58H,2H2,1,3H3/b8-7-,16-4-,34-15+,37-17+. The Hall–Kier alpha value is -7.20. The first-order valence-electron chi connectivity index (χ1n) is 20.7. The molecule has 2 nitrogen and oxygen atoms in total. The number of rotatable bonds is 6. The molecule has 2 aliphatic rings. The van der Waals surface area contributed by atoms with Crippen LogP contribution in [0.25, 0.3) is 71.1 Å². The van der Waals surface area contributed by atoms with Crippen molar-refractivity contribution >= 4 is 77.2 Å². The number of benzene rings is 7. The number of hydrogen-bond acceptors (Lipinski definition) is 2. The highest BCUT2D eigenvalue weighted by molar-refractivity contribution is 7.26. The zero-order valence-corrected chi connectivity index (χ0v) is 34.4. The summed E-state index contributed by atoms with van der Waals surface area (Å²) < 4.78 is 2.55. The molecular formula is C57H42N2S. The first-order chi connectivity index (χ1) is 29.6. The van der Waals surface area contributed by atoms with E-state index < -0.39 is 5.41 Å². The predicted molar refractivity (Wildman–Crippen MR) is 260 cm³/mol. The van der Waals surface area contributed by atoms with E-state index in [2.05, 4.69) is 225 Å². The molecular weight excluding hydrogens is 745 g/mol. The molecule has 1 atom stereocenters. The fourth-order valence-electron chi connectivity index (χ4n) is 9.79. The normalized spacial score (nSPS) is 17.5. The summed E-state index contributed by atoms with van der Waals surface area (Å²) in [6, 6.07) is 56.3. The van der Waals surface area contributed by atoms with E-state index >= 15 is 0 Å².